The van der Waals surface area contributed by atoms with Gasteiger partial charge in [-0.2, -0.15) is 0 Å². The number of nitrogens with zero attached hydrogens (tertiary/aromatic N) is 4. The van der Waals surface area contributed by atoms with Crippen LogP contribution in [0.15, 0.2) is 0 Å². The van der Waals surface area contributed by atoms with E-state index >= 15 is 0 Å². The van der Waals surface area contributed by atoms with E-state index in [1.807, 2.05) is 0 Å². The first kappa shape index (κ1) is 8.60. The Kier molecular flexibility index (Phi) is 3.15. The van der Waals surface area contributed by atoms with Gasteiger partial charge in [-0.1, -0.05) is 0 Å². The average molecular weight is 170 g/mol. The summed E-state index contributed by atoms with van der Waals surface area (Å²) in [6.45, 7) is 0.968. The van der Waals surface area contributed by atoms with Gasteiger partial charge in [-0.15, -0.1) is 5.10 Å². The molecule has 0 fully saturated rings. The Morgan fingerprint density at radius 1 is 1.67 bits per heavy atom. The van der Waals surface area contributed by atoms with E-state index in [-0.39, 0.29) is 6.54 Å². The molecule has 0 spiro atoms. The van der Waals surface area contributed by atoms with E-state index in [9.17, 15) is 4.79 Å². The number of carboxylic acids is 1. The van der Waals surface area contributed by atoms with Gasteiger partial charge < -0.3 is 10.4 Å². The first-order chi connectivity index (χ1) is 5.79. The Hall–Kier alpha value is -1.50. The third-order valence-electron chi connectivity index (χ3n) is 1.13. The Labute approximate surface area is 68.4 Å². The van der Waals surface area contributed by atoms with Crippen LogP contribution in [-0.2, 0) is 11.3 Å². The lowest BCUT2D eigenvalue weighted by Crippen LogP contribution is -2.26. The summed E-state index contributed by atoms with van der Waals surface area (Å²) in [5, 5.41) is 21.2. The lowest BCUT2D eigenvalue weighted by atomic mass is 10.6. The van der Waals surface area contributed by atoms with Gasteiger partial charge in [0.25, 0.3) is 0 Å². The molecule has 0 unspecified atom stereocenters. The normalized spacial score (nSPS) is 10.0. The second kappa shape index (κ2) is 4.39. The fourth-order valence-electron chi connectivity index (χ4n) is 0.635. The highest BCUT2D eigenvalue weighted by molar-refractivity contribution is 5.68. The predicted molar refractivity (Wildman–Crippen MR) is 37.2 cm³/mol. The number of hydrogen-bond acceptors (Lipinski definition) is 5. The van der Waals surface area contributed by atoms with Gasteiger partial charge in [-0.05, 0) is 10.4 Å². The molecule has 7 nitrogen and oxygen atoms in total. The molecule has 1 radical (unpaired) electrons. The zero-order valence-corrected chi connectivity index (χ0v) is 6.27. The van der Waals surface area contributed by atoms with E-state index in [1.54, 1.807) is 0 Å². The molecule has 1 heterocycles. The summed E-state index contributed by atoms with van der Waals surface area (Å²) in [6.07, 6.45) is 2.48. The van der Waals surface area contributed by atoms with Crippen molar-refractivity contribution in [2.24, 2.45) is 0 Å². The second-order valence-corrected chi connectivity index (χ2v) is 2.07. The molecule has 1 aromatic rings. The van der Waals surface area contributed by atoms with Crippen molar-refractivity contribution < 1.29 is 9.90 Å². The Bertz CT molecular complexity index is 234. The first-order valence-corrected chi connectivity index (χ1v) is 3.35. The molecule has 1 rings (SSSR count). The molecule has 0 aliphatic rings. The molecule has 7 heteroatoms. The molecule has 2 N–H and O–H groups in total. The van der Waals surface area contributed by atoms with Crippen LogP contribution in [0.3, 0.4) is 0 Å². The van der Waals surface area contributed by atoms with Crippen molar-refractivity contribution in [3.8, 4) is 0 Å². The number of hydrogen-bond donors (Lipinski definition) is 2. The van der Waals surface area contributed by atoms with Crippen LogP contribution in [0.5, 0.6) is 0 Å². The van der Waals surface area contributed by atoms with Crippen molar-refractivity contribution in [3.05, 3.63) is 6.33 Å². The van der Waals surface area contributed by atoms with E-state index in [2.05, 4.69) is 27.2 Å². The van der Waals surface area contributed by atoms with Crippen molar-refractivity contribution in [2.45, 2.75) is 6.54 Å². The maximum atomic E-state index is 10.0. The molecule has 0 bridgehead atoms. The van der Waals surface area contributed by atoms with Crippen molar-refractivity contribution >= 4 is 5.97 Å². The van der Waals surface area contributed by atoms with E-state index in [0.717, 1.165) is 0 Å². The number of carboxylic acid groups (broad SMARTS) is 1. The monoisotopic (exact) mass is 170 g/mol. The van der Waals surface area contributed by atoms with Crippen LogP contribution in [0.4, 0.5) is 0 Å². The highest BCUT2D eigenvalue weighted by Gasteiger charge is 1.95. The van der Waals surface area contributed by atoms with Gasteiger partial charge in [0.05, 0.1) is 13.1 Å². The zero-order chi connectivity index (χ0) is 8.81. The molecule has 1 aromatic heterocycles. The number of aromatic nitrogens is 4. The maximum Gasteiger partial charge on any atom is 0.317 e. The Morgan fingerprint density at radius 3 is 3.08 bits per heavy atom. The van der Waals surface area contributed by atoms with Gasteiger partial charge >= 0.3 is 5.97 Å². The molecular weight excluding hydrogens is 162 g/mol. The van der Waals surface area contributed by atoms with Crippen LogP contribution in [0.25, 0.3) is 0 Å². The highest BCUT2D eigenvalue weighted by Crippen LogP contribution is 1.73. The average Bonchev–Trinajstić information content (AvgIpc) is 2.49. The first-order valence-electron chi connectivity index (χ1n) is 3.35. The van der Waals surface area contributed by atoms with Gasteiger partial charge in [-0.3, -0.25) is 4.79 Å². The molecule has 65 valence electrons. The quantitative estimate of drug-likeness (QED) is 0.504. The Balaban J connectivity index is 2.07. The van der Waals surface area contributed by atoms with E-state index in [0.29, 0.717) is 13.1 Å². The standard InChI is InChI=1S/C5H8N5O2/c11-5(12)3-6-1-2-10-4-7-8-9-10/h6H,1-3H2,(H,11,12). The number of nitrogens with one attached hydrogen (secondary N) is 1. The van der Waals surface area contributed by atoms with Crippen LogP contribution in [0, 0.1) is 6.33 Å². The van der Waals surface area contributed by atoms with E-state index in [4.69, 9.17) is 5.11 Å². The molecule has 0 aliphatic carbocycles. The lowest BCUT2D eigenvalue weighted by Gasteiger charge is -1.98. The molecule has 12 heavy (non-hydrogen) atoms. The Morgan fingerprint density at radius 2 is 2.50 bits per heavy atom. The fraction of sp³-hybridized carbons (Fsp3) is 0.600. The topological polar surface area (TPSA) is 92.9 Å². The van der Waals surface area contributed by atoms with Crippen molar-refractivity contribution in [1.82, 2.24) is 25.5 Å². The molecule has 0 saturated carbocycles. The second-order valence-electron chi connectivity index (χ2n) is 2.07. The lowest BCUT2D eigenvalue weighted by molar-refractivity contribution is -0.135. The van der Waals surface area contributed by atoms with Crippen molar-refractivity contribution in [1.29, 1.82) is 0 Å². The minimum atomic E-state index is -0.879. The molecule has 0 atom stereocenters. The van der Waals surface area contributed by atoms with Gasteiger partial charge in [0.2, 0.25) is 6.33 Å². The number of tetrazole rings is 1. The minimum absolute atomic E-state index is 0.0534. The van der Waals surface area contributed by atoms with Gasteiger partial charge in [0, 0.05) is 6.54 Å². The maximum absolute atomic E-state index is 10.0. The van der Waals surface area contributed by atoms with Gasteiger partial charge in [0.15, 0.2) is 0 Å². The third-order valence-corrected chi connectivity index (χ3v) is 1.13. The largest absolute Gasteiger partial charge is 0.480 e. The van der Waals surface area contributed by atoms with Crippen LogP contribution in [-0.4, -0.2) is 44.4 Å². The summed E-state index contributed by atoms with van der Waals surface area (Å²) in [5.74, 6) is -0.879. The van der Waals surface area contributed by atoms with Crippen LogP contribution in [0.2, 0.25) is 0 Å². The summed E-state index contributed by atoms with van der Waals surface area (Å²) in [7, 11) is 0. The summed E-state index contributed by atoms with van der Waals surface area (Å²) >= 11 is 0. The molecule has 0 amide bonds. The van der Waals surface area contributed by atoms with Crippen molar-refractivity contribution in [2.75, 3.05) is 13.1 Å². The highest BCUT2D eigenvalue weighted by atomic mass is 16.4. The van der Waals surface area contributed by atoms with Crippen molar-refractivity contribution in [3.63, 3.8) is 0 Å². The number of aliphatic carboxylic acids is 1. The molecule has 0 saturated heterocycles. The van der Waals surface area contributed by atoms with Crippen LogP contribution in [0.1, 0.15) is 0 Å². The SMILES string of the molecule is O=C(O)CNCCn1[c]nnn1. The van der Waals surface area contributed by atoms with E-state index in [1.165, 1.54) is 4.68 Å². The molecule has 0 aromatic carbocycles. The van der Waals surface area contributed by atoms with E-state index < -0.39 is 5.97 Å². The number of carbonyl (C=O) groups is 1. The summed E-state index contributed by atoms with van der Waals surface area (Å²) in [6, 6.07) is 0. The van der Waals surface area contributed by atoms with Gasteiger partial charge in [0.1, 0.15) is 0 Å². The number of rotatable bonds is 5. The summed E-state index contributed by atoms with van der Waals surface area (Å²) in [4.78, 5) is 10.0. The summed E-state index contributed by atoms with van der Waals surface area (Å²) < 4.78 is 1.40. The predicted octanol–water partition coefficient (Wildman–Crippen LogP) is -1.85. The van der Waals surface area contributed by atoms with Crippen LogP contribution >= 0.6 is 0 Å². The third kappa shape index (κ3) is 3.06. The molecular formula is C5H8N5O2. The summed E-state index contributed by atoms with van der Waals surface area (Å²) in [5.41, 5.74) is 0. The van der Waals surface area contributed by atoms with Crippen LogP contribution < -0.4 is 5.32 Å². The fourth-order valence-corrected chi connectivity index (χ4v) is 0.635. The minimum Gasteiger partial charge on any atom is -0.480 e. The molecule has 0 aliphatic heterocycles. The van der Waals surface area contributed by atoms with Gasteiger partial charge in [-0.25, -0.2) is 4.68 Å². The smallest absolute Gasteiger partial charge is 0.317 e. The zero-order valence-electron chi connectivity index (χ0n) is 6.27.